The molecule has 0 aliphatic carbocycles. The molecule has 4 aromatic rings. The van der Waals surface area contributed by atoms with Gasteiger partial charge in [0.2, 0.25) is 0 Å². The van der Waals surface area contributed by atoms with Crippen molar-refractivity contribution < 1.29 is 14.6 Å². The Balaban J connectivity index is 1.67. The molecule has 2 aromatic heterocycles. The number of aliphatic hydroxyl groups excluding tert-OH is 1. The fourth-order valence-electron chi connectivity index (χ4n) is 3.38. The highest BCUT2D eigenvalue weighted by Crippen LogP contribution is 2.25. The van der Waals surface area contributed by atoms with Crippen LogP contribution < -0.4 is 20.7 Å². The molecule has 0 saturated carbocycles. The number of fused-ring (bicyclic) bond motifs is 1. The maximum Gasteiger partial charge on any atom is 0.329 e. The van der Waals surface area contributed by atoms with E-state index in [1.807, 2.05) is 25.1 Å². The lowest BCUT2D eigenvalue weighted by molar-refractivity contribution is 0.0915. The third-order valence-corrected chi connectivity index (χ3v) is 5.39. The molecule has 0 unspecified atom stereocenters. The standard InChI is InChI=1S/C23H23ClN4O5/c1-3-14-5-4-6-18(11-14)33-23-25-20-19(21(30)26-22(31)27(20)2)28(23)12-16(29)13-32-17-9-7-15(24)8-10-17/h4-11,16,29H,3,12-13H2,1-2H3,(H,26,30,31)/t16-/m0/s1. The number of aliphatic hydroxyl groups is 1. The van der Waals surface area contributed by atoms with Crippen molar-refractivity contribution in [3.8, 4) is 17.5 Å². The first-order valence-corrected chi connectivity index (χ1v) is 10.8. The van der Waals surface area contributed by atoms with Crippen LogP contribution in [0.3, 0.4) is 0 Å². The van der Waals surface area contributed by atoms with Crippen molar-refractivity contribution in [1.82, 2.24) is 19.1 Å². The van der Waals surface area contributed by atoms with Crippen molar-refractivity contribution in [2.24, 2.45) is 7.05 Å². The number of ether oxygens (including phenoxy) is 2. The van der Waals surface area contributed by atoms with Gasteiger partial charge in [0.05, 0.1) is 6.54 Å². The summed E-state index contributed by atoms with van der Waals surface area (Å²) in [6.45, 7) is 1.94. The number of benzene rings is 2. The summed E-state index contributed by atoms with van der Waals surface area (Å²) in [5, 5.41) is 11.2. The van der Waals surface area contributed by atoms with E-state index in [1.54, 1.807) is 30.3 Å². The van der Waals surface area contributed by atoms with Crippen LogP contribution in [0.4, 0.5) is 0 Å². The molecule has 0 bridgehead atoms. The Morgan fingerprint density at radius 2 is 1.91 bits per heavy atom. The molecule has 0 radical (unpaired) electrons. The average molecular weight is 471 g/mol. The fourth-order valence-corrected chi connectivity index (χ4v) is 3.51. The SMILES string of the molecule is CCc1cccc(Oc2nc3c(c(=O)[nH]c(=O)n3C)n2C[C@H](O)COc2ccc(Cl)cc2)c1. The lowest BCUT2D eigenvalue weighted by atomic mass is 10.2. The Kier molecular flexibility index (Phi) is 6.52. The molecule has 0 amide bonds. The van der Waals surface area contributed by atoms with Gasteiger partial charge in [-0.2, -0.15) is 4.98 Å². The minimum absolute atomic E-state index is 0.0459. The van der Waals surface area contributed by atoms with Crippen molar-refractivity contribution in [3.05, 3.63) is 80.0 Å². The maximum atomic E-state index is 12.6. The first kappa shape index (κ1) is 22.6. The van der Waals surface area contributed by atoms with Gasteiger partial charge >= 0.3 is 11.7 Å². The van der Waals surface area contributed by atoms with Crippen LogP contribution in [0.2, 0.25) is 5.02 Å². The molecule has 33 heavy (non-hydrogen) atoms. The zero-order valence-corrected chi connectivity index (χ0v) is 18.9. The molecule has 10 heteroatoms. The van der Waals surface area contributed by atoms with Crippen LogP contribution in [-0.2, 0) is 20.0 Å². The van der Waals surface area contributed by atoms with Gasteiger partial charge in [0.1, 0.15) is 24.2 Å². The van der Waals surface area contributed by atoms with Crippen LogP contribution in [-0.4, -0.2) is 36.9 Å². The molecule has 0 spiro atoms. The van der Waals surface area contributed by atoms with Crippen molar-refractivity contribution >= 4 is 22.8 Å². The Labute approximate surface area is 193 Å². The predicted molar refractivity (Wildman–Crippen MR) is 124 cm³/mol. The number of nitrogens with zero attached hydrogens (tertiary/aromatic N) is 3. The van der Waals surface area contributed by atoms with Gasteiger partial charge in [0.25, 0.3) is 5.56 Å². The molecule has 2 N–H and O–H groups in total. The number of hydrogen-bond acceptors (Lipinski definition) is 6. The van der Waals surface area contributed by atoms with Gasteiger partial charge in [0.15, 0.2) is 11.2 Å². The lowest BCUT2D eigenvalue weighted by Crippen LogP contribution is -2.30. The van der Waals surface area contributed by atoms with Crippen LogP contribution in [0.1, 0.15) is 12.5 Å². The Morgan fingerprint density at radius 3 is 2.64 bits per heavy atom. The smallest absolute Gasteiger partial charge is 0.329 e. The minimum Gasteiger partial charge on any atom is -0.491 e. The average Bonchev–Trinajstić information content (AvgIpc) is 3.15. The molecule has 0 aliphatic rings. The minimum atomic E-state index is -1.00. The van der Waals surface area contributed by atoms with Crippen LogP contribution in [0.15, 0.2) is 58.1 Å². The summed E-state index contributed by atoms with van der Waals surface area (Å²) in [6, 6.07) is 14.3. The third kappa shape index (κ3) is 4.94. The van der Waals surface area contributed by atoms with Gasteiger partial charge in [-0.1, -0.05) is 30.7 Å². The number of H-pyrrole nitrogens is 1. The van der Waals surface area contributed by atoms with Gasteiger partial charge in [-0.05, 0) is 48.4 Å². The number of halogens is 1. The van der Waals surface area contributed by atoms with E-state index in [2.05, 4.69) is 9.97 Å². The number of aromatic amines is 1. The van der Waals surface area contributed by atoms with Crippen LogP contribution >= 0.6 is 11.6 Å². The summed E-state index contributed by atoms with van der Waals surface area (Å²) < 4.78 is 14.3. The second-order valence-electron chi connectivity index (χ2n) is 7.52. The molecule has 0 fully saturated rings. The molecule has 2 aromatic carbocycles. The van der Waals surface area contributed by atoms with Gasteiger partial charge in [-0.3, -0.25) is 18.9 Å². The second-order valence-corrected chi connectivity index (χ2v) is 7.95. The number of rotatable bonds is 8. The molecule has 172 valence electrons. The highest BCUT2D eigenvalue weighted by atomic mass is 35.5. The quantitative estimate of drug-likeness (QED) is 0.409. The van der Waals surface area contributed by atoms with Gasteiger partial charge in [-0.25, -0.2) is 4.79 Å². The molecule has 1 atom stereocenters. The summed E-state index contributed by atoms with van der Waals surface area (Å²) in [5.41, 5.74) is 0.115. The van der Waals surface area contributed by atoms with E-state index in [-0.39, 0.29) is 30.3 Å². The van der Waals surface area contributed by atoms with Crippen LogP contribution in [0.5, 0.6) is 17.5 Å². The van der Waals surface area contributed by atoms with Gasteiger partial charge in [-0.15, -0.1) is 0 Å². The second kappa shape index (κ2) is 9.51. The topological polar surface area (TPSA) is 111 Å². The monoisotopic (exact) mass is 470 g/mol. The number of aryl methyl sites for hydroxylation is 2. The van der Waals surface area contributed by atoms with E-state index < -0.39 is 17.4 Å². The first-order valence-electron chi connectivity index (χ1n) is 10.4. The molecule has 0 aliphatic heterocycles. The van der Waals surface area contributed by atoms with E-state index in [4.69, 9.17) is 21.1 Å². The molecular weight excluding hydrogens is 448 g/mol. The van der Waals surface area contributed by atoms with Crippen LogP contribution in [0, 0.1) is 0 Å². The molecule has 4 rings (SSSR count). The zero-order valence-electron chi connectivity index (χ0n) is 18.1. The Morgan fingerprint density at radius 1 is 1.15 bits per heavy atom. The summed E-state index contributed by atoms with van der Waals surface area (Å²) >= 11 is 5.88. The van der Waals surface area contributed by atoms with Crippen LogP contribution in [0.25, 0.3) is 11.2 Å². The van der Waals surface area contributed by atoms with Gasteiger partial charge in [0, 0.05) is 12.1 Å². The van der Waals surface area contributed by atoms with Crippen molar-refractivity contribution in [3.63, 3.8) is 0 Å². The van der Waals surface area contributed by atoms with E-state index in [0.29, 0.717) is 16.5 Å². The van der Waals surface area contributed by atoms with Gasteiger partial charge < -0.3 is 14.6 Å². The van der Waals surface area contributed by atoms with Crippen molar-refractivity contribution in [2.75, 3.05) is 6.61 Å². The highest BCUT2D eigenvalue weighted by molar-refractivity contribution is 6.30. The largest absolute Gasteiger partial charge is 0.491 e. The molecule has 2 heterocycles. The summed E-state index contributed by atoms with van der Waals surface area (Å²) in [4.78, 5) is 31.3. The Hall–Kier alpha value is -3.56. The number of hydrogen-bond donors (Lipinski definition) is 2. The van der Waals surface area contributed by atoms with E-state index in [1.165, 1.54) is 16.2 Å². The molecule has 9 nitrogen and oxygen atoms in total. The van der Waals surface area contributed by atoms with E-state index >= 15 is 0 Å². The zero-order chi connectivity index (χ0) is 23.5. The van der Waals surface area contributed by atoms with E-state index in [9.17, 15) is 14.7 Å². The number of nitrogens with one attached hydrogen (secondary N) is 1. The van der Waals surface area contributed by atoms with Crippen molar-refractivity contribution in [2.45, 2.75) is 26.0 Å². The first-order chi connectivity index (χ1) is 15.9. The highest BCUT2D eigenvalue weighted by Gasteiger charge is 2.21. The summed E-state index contributed by atoms with van der Waals surface area (Å²) in [7, 11) is 1.50. The summed E-state index contributed by atoms with van der Waals surface area (Å²) in [6.07, 6.45) is -0.179. The maximum absolute atomic E-state index is 12.6. The molecule has 0 saturated heterocycles. The number of imidazole rings is 1. The summed E-state index contributed by atoms with van der Waals surface area (Å²) in [5.74, 6) is 1.07. The Bertz CT molecular complexity index is 1390. The van der Waals surface area contributed by atoms with Crippen molar-refractivity contribution in [1.29, 1.82) is 0 Å². The molecular formula is C23H23ClN4O5. The third-order valence-electron chi connectivity index (χ3n) is 5.14. The number of aromatic nitrogens is 4. The normalized spacial score (nSPS) is 12.1. The van der Waals surface area contributed by atoms with E-state index in [0.717, 1.165) is 12.0 Å². The lowest BCUT2D eigenvalue weighted by Gasteiger charge is -2.15. The fraction of sp³-hybridized carbons (Fsp3) is 0.261. The predicted octanol–water partition coefficient (Wildman–Crippen LogP) is 2.87.